The standard InChI is InChI=1S/C13H10BrNO/c14-9-2-3-10-8(7-9)1-5-12-11(10)4-6-13(16)15-12/h1-7,13,15-16H. The second kappa shape index (κ2) is 3.61. The van der Waals surface area contributed by atoms with E-state index in [2.05, 4.69) is 39.4 Å². The lowest BCUT2D eigenvalue weighted by Gasteiger charge is -2.19. The van der Waals surface area contributed by atoms with E-state index in [1.807, 2.05) is 18.2 Å². The Kier molecular flexibility index (Phi) is 2.23. The molecule has 0 bridgehead atoms. The van der Waals surface area contributed by atoms with Crippen LogP contribution in [0.3, 0.4) is 0 Å². The quantitative estimate of drug-likeness (QED) is 0.773. The van der Waals surface area contributed by atoms with Crippen molar-refractivity contribution in [1.82, 2.24) is 0 Å². The monoisotopic (exact) mass is 275 g/mol. The first-order valence-electron chi connectivity index (χ1n) is 5.09. The molecule has 16 heavy (non-hydrogen) atoms. The van der Waals surface area contributed by atoms with E-state index in [0.717, 1.165) is 15.7 Å². The molecule has 0 saturated heterocycles. The minimum atomic E-state index is -0.583. The Hall–Kier alpha value is -1.32. The molecule has 3 rings (SSSR count). The molecule has 2 nitrogen and oxygen atoms in total. The summed E-state index contributed by atoms with van der Waals surface area (Å²) in [6, 6.07) is 10.3. The van der Waals surface area contributed by atoms with E-state index in [4.69, 9.17) is 0 Å². The molecule has 1 unspecified atom stereocenters. The lowest BCUT2D eigenvalue weighted by Crippen LogP contribution is -2.18. The average Bonchev–Trinajstić information content (AvgIpc) is 2.28. The lowest BCUT2D eigenvalue weighted by atomic mass is 10.0. The number of benzene rings is 2. The summed E-state index contributed by atoms with van der Waals surface area (Å²) in [5.74, 6) is 0. The third-order valence-corrected chi connectivity index (χ3v) is 3.27. The molecule has 2 aromatic rings. The minimum Gasteiger partial charge on any atom is -0.370 e. The molecular weight excluding hydrogens is 266 g/mol. The molecule has 0 spiro atoms. The molecule has 1 aliphatic rings. The molecule has 0 aliphatic carbocycles. The molecule has 0 radical (unpaired) electrons. The highest BCUT2D eigenvalue weighted by molar-refractivity contribution is 9.10. The third kappa shape index (κ3) is 1.52. The van der Waals surface area contributed by atoms with Gasteiger partial charge in [0, 0.05) is 15.7 Å². The smallest absolute Gasteiger partial charge is 0.144 e. The first-order valence-corrected chi connectivity index (χ1v) is 5.88. The summed E-state index contributed by atoms with van der Waals surface area (Å²) in [6.45, 7) is 0. The highest BCUT2D eigenvalue weighted by Crippen LogP contribution is 2.31. The molecule has 1 heterocycles. The predicted octanol–water partition coefficient (Wildman–Crippen LogP) is 3.36. The molecule has 0 aromatic heterocycles. The summed E-state index contributed by atoms with van der Waals surface area (Å²) >= 11 is 3.46. The van der Waals surface area contributed by atoms with Gasteiger partial charge in [0.1, 0.15) is 6.23 Å². The van der Waals surface area contributed by atoms with Crippen molar-refractivity contribution in [2.45, 2.75) is 6.23 Å². The van der Waals surface area contributed by atoms with Crippen molar-refractivity contribution in [1.29, 1.82) is 0 Å². The van der Waals surface area contributed by atoms with Crippen LogP contribution in [0.25, 0.3) is 16.8 Å². The van der Waals surface area contributed by atoms with Gasteiger partial charge in [-0.25, -0.2) is 0 Å². The molecule has 1 atom stereocenters. The van der Waals surface area contributed by atoms with Gasteiger partial charge in [0.05, 0.1) is 0 Å². The van der Waals surface area contributed by atoms with E-state index < -0.39 is 6.23 Å². The Morgan fingerprint density at radius 3 is 2.94 bits per heavy atom. The highest BCUT2D eigenvalue weighted by atomic mass is 79.9. The van der Waals surface area contributed by atoms with Gasteiger partial charge in [-0.15, -0.1) is 0 Å². The zero-order valence-corrected chi connectivity index (χ0v) is 10.0. The number of aliphatic hydroxyl groups is 1. The van der Waals surface area contributed by atoms with E-state index in [1.54, 1.807) is 6.08 Å². The minimum absolute atomic E-state index is 0.583. The number of hydrogen-bond donors (Lipinski definition) is 2. The van der Waals surface area contributed by atoms with Gasteiger partial charge in [-0.05, 0) is 35.0 Å². The fourth-order valence-corrected chi connectivity index (χ4v) is 2.40. The Labute approximate surface area is 102 Å². The summed E-state index contributed by atoms with van der Waals surface area (Å²) in [7, 11) is 0. The summed E-state index contributed by atoms with van der Waals surface area (Å²) in [5.41, 5.74) is 2.11. The van der Waals surface area contributed by atoms with Crippen LogP contribution >= 0.6 is 15.9 Å². The van der Waals surface area contributed by atoms with Crippen molar-refractivity contribution in [3.05, 3.63) is 46.4 Å². The van der Waals surface area contributed by atoms with Crippen LogP contribution in [0.1, 0.15) is 5.56 Å². The number of nitrogens with one attached hydrogen (secondary N) is 1. The largest absolute Gasteiger partial charge is 0.370 e. The lowest BCUT2D eigenvalue weighted by molar-refractivity contribution is 0.252. The van der Waals surface area contributed by atoms with E-state index >= 15 is 0 Å². The molecule has 2 N–H and O–H groups in total. The van der Waals surface area contributed by atoms with Gasteiger partial charge in [-0.2, -0.15) is 0 Å². The van der Waals surface area contributed by atoms with Crippen LogP contribution in [0.4, 0.5) is 5.69 Å². The van der Waals surface area contributed by atoms with Crippen LogP contribution < -0.4 is 5.32 Å². The van der Waals surface area contributed by atoms with Crippen LogP contribution in [0.2, 0.25) is 0 Å². The molecule has 0 amide bonds. The molecule has 1 aliphatic heterocycles. The number of fused-ring (bicyclic) bond motifs is 3. The van der Waals surface area contributed by atoms with Crippen molar-refractivity contribution >= 4 is 38.5 Å². The zero-order chi connectivity index (χ0) is 11.1. The summed E-state index contributed by atoms with van der Waals surface area (Å²) < 4.78 is 1.08. The molecule has 0 fully saturated rings. The molecule has 3 heteroatoms. The van der Waals surface area contributed by atoms with Crippen molar-refractivity contribution in [3.8, 4) is 0 Å². The maximum absolute atomic E-state index is 9.47. The number of anilines is 1. The van der Waals surface area contributed by atoms with E-state index in [1.165, 1.54) is 10.8 Å². The fourth-order valence-electron chi connectivity index (χ4n) is 2.02. The average molecular weight is 276 g/mol. The van der Waals surface area contributed by atoms with Crippen molar-refractivity contribution in [3.63, 3.8) is 0 Å². The first-order chi connectivity index (χ1) is 7.74. The maximum atomic E-state index is 9.47. The maximum Gasteiger partial charge on any atom is 0.144 e. The molecule has 2 aromatic carbocycles. The summed E-state index contributed by atoms with van der Waals surface area (Å²) in [6.07, 6.45) is 3.14. The number of aliphatic hydroxyl groups excluding tert-OH is 1. The van der Waals surface area contributed by atoms with E-state index in [9.17, 15) is 5.11 Å². The van der Waals surface area contributed by atoms with Crippen LogP contribution in [-0.4, -0.2) is 11.3 Å². The topological polar surface area (TPSA) is 32.3 Å². The van der Waals surface area contributed by atoms with Crippen LogP contribution in [0.5, 0.6) is 0 Å². The van der Waals surface area contributed by atoms with Gasteiger partial charge in [0.25, 0.3) is 0 Å². The highest BCUT2D eigenvalue weighted by Gasteiger charge is 2.12. The van der Waals surface area contributed by atoms with Crippen LogP contribution in [0, 0.1) is 0 Å². The summed E-state index contributed by atoms with van der Waals surface area (Å²) in [4.78, 5) is 0. The number of rotatable bonds is 0. The Morgan fingerprint density at radius 2 is 2.06 bits per heavy atom. The van der Waals surface area contributed by atoms with Crippen molar-refractivity contribution < 1.29 is 5.11 Å². The number of halogens is 1. The summed E-state index contributed by atoms with van der Waals surface area (Å²) in [5, 5.41) is 14.9. The van der Waals surface area contributed by atoms with E-state index in [0.29, 0.717) is 0 Å². The van der Waals surface area contributed by atoms with Gasteiger partial charge in [-0.1, -0.05) is 34.1 Å². The predicted molar refractivity (Wildman–Crippen MR) is 70.3 cm³/mol. The normalized spacial score (nSPS) is 18.2. The third-order valence-electron chi connectivity index (χ3n) is 2.77. The van der Waals surface area contributed by atoms with E-state index in [-0.39, 0.29) is 0 Å². The Morgan fingerprint density at radius 1 is 1.19 bits per heavy atom. The van der Waals surface area contributed by atoms with Crippen molar-refractivity contribution in [2.75, 3.05) is 5.32 Å². The molecule has 0 saturated carbocycles. The van der Waals surface area contributed by atoms with Gasteiger partial charge >= 0.3 is 0 Å². The van der Waals surface area contributed by atoms with Gasteiger partial charge in [0.2, 0.25) is 0 Å². The first kappa shape index (κ1) is 9.87. The zero-order valence-electron chi connectivity index (χ0n) is 8.44. The van der Waals surface area contributed by atoms with Gasteiger partial charge < -0.3 is 10.4 Å². The van der Waals surface area contributed by atoms with Crippen molar-refractivity contribution in [2.24, 2.45) is 0 Å². The van der Waals surface area contributed by atoms with Crippen LogP contribution in [0.15, 0.2) is 40.9 Å². The second-order valence-electron chi connectivity index (χ2n) is 3.84. The SMILES string of the molecule is OC1C=Cc2c(ccc3cc(Br)ccc23)N1. The van der Waals surface area contributed by atoms with Crippen LogP contribution in [-0.2, 0) is 0 Å². The van der Waals surface area contributed by atoms with Gasteiger partial charge in [-0.3, -0.25) is 0 Å². The molecular formula is C13H10BrNO. The Bertz CT molecular complexity index is 592. The molecule has 80 valence electrons. The van der Waals surface area contributed by atoms with Gasteiger partial charge in [0.15, 0.2) is 0 Å². The second-order valence-corrected chi connectivity index (χ2v) is 4.76. The fraction of sp³-hybridized carbons (Fsp3) is 0.0769. The Balaban J connectivity index is 2.31. The number of hydrogen-bond acceptors (Lipinski definition) is 2.